The molecule has 1 aliphatic heterocycles. The molecule has 7 nitrogen and oxygen atoms in total. The van der Waals surface area contributed by atoms with Gasteiger partial charge in [0.25, 0.3) is 5.56 Å². The lowest BCUT2D eigenvalue weighted by Gasteiger charge is -2.28. The van der Waals surface area contributed by atoms with Crippen molar-refractivity contribution in [2.45, 2.75) is 39.4 Å². The van der Waals surface area contributed by atoms with Gasteiger partial charge in [-0.1, -0.05) is 12.1 Å². The molecule has 4 aromatic rings. The van der Waals surface area contributed by atoms with Gasteiger partial charge in [0, 0.05) is 25.6 Å². The van der Waals surface area contributed by atoms with Crippen LogP contribution in [0.2, 0.25) is 0 Å². The molecule has 29 heavy (non-hydrogen) atoms. The van der Waals surface area contributed by atoms with Gasteiger partial charge in [-0.25, -0.2) is 9.97 Å². The van der Waals surface area contributed by atoms with Crippen molar-refractivity contribution in [3.8, 4) is 11.6 Å². The molecule has 0 amide bonds. The van der Waals surface area contributed by atoms with Crippen LogP contribution in [-0.2, 0) is 19.5 Å². The highest BCUT2D eigenvalue weighted by atomic mass is 16.3. The van der Waals surface area contributed by atoms with Gasteiger partial charge >= 0.3 is 0 Å². The van der Waals surface area contributed by atoms with Crippen LogP contribution in [0, 0.1) is 0 Å². The number of imidazole rings is 1. The van der Waals surface area contributed by atoms with Crippen LogP contribution in [0.1, 0.15) is 37.0 Å². The molecule has 148 valence electrons. The molecule has 0 spiro atoms. The summed E-state index contributed by atoms with van der Waals surface area (Å²) in [6.07, 6.45) is 2.31. The lowest BCUT2D eigenvalue weighted by atomic mass is 10.1. The molecule has 0 bridgehead atoms. The average molecular weight is 389 g/mol. The van der Waals surface area contributed by atoms with E-state index in [4.69, 9.17) is 9.40 Å². The fourth-order valence-corrected chi connectivity index (χ4v) is 4.13. The molecular weight excluding hydrogens is 366 g/mol. The highest BCUT2D eigenvalue weighted by Gasteiger charge is 2.24. The molecule has 3 aromatic heterocycles. The summed E-state index contributed by atoms with van der Waals surface area (Å²) in [5.41, 5.74) is 3.66. The topological polar surface area (TPSA) is 80.0 Å². The first-order valence-electron chi connectivity index (χ1n) is 9.94. The number of para-hydroxylation sites is 2. The molecule has 0 fully saturated rings. The molecular formula is C22H23N5O2. The van der Waals surface area contributed by atoms with Crippen LogP contribution >= 0.6 is 0 Å². The summed E-state index contributed by atoms with van der Waals surface area (Å²) < 4.78 is 7.66. The molecule has 1 N–H and O–H groups in total. The Balaban J connectivity index is 1.44. The third-order valence-corrected chi connectivity index (χ3v) is 5.45. The third-order valence-electron chi connectivity index (χ3n) is 5.45. The Morgan fingerprint density at radius 2 is 2.03 bits per heavy atom. The third kappa shape index (κ3) is 3.17. The number of rotatable bonds is 4. The van der Waals surface area contributed by atoms with Crippen molar-refractivity contribution in [3.05, 3.63) is 70.1 Å². The van der Waals surface area contributed by atoms with Crippen molar-refractivity contribution in [2.75, 3.05) is 6.54 Å². The summed E-state index contributed by atoms with van der Waals surface area (Å²) >= 11 is 0. The normalized spacial score (nSPS) is 14.6. The first-order valence-corrected chi connectivity index (χ1v) is 9.94. The number of furan rings is 1. The molecule has 0 unspecified atom stereocenters. The number of fused-ring (bicyclic) bond motifs is 2. The first-order chi connectivity index (χ1) is 14.1. The molecule has 1 aromatic carbocycles. The maximum Gasteiger partial charge on any atom is 0.256 e. The highest BCUT2D eigenvalue weighted by Crippen LogP contribution is 2.24. The zero-order valence-corrected chi connectivity index (χ0v) is 16.6. The minimum Gasteiger partial charge on any atom is -0.461 e. The molecule has 7 heteroatoms. The lowest BCUT2D eigenvalue weighted by Crippen LogP contribution is -2.36. The van der Waals surface area contributed by atoms with Gasteiger partial charge in [-0.15, -0.1) is 0 Å². The van der Waals surface area contributed by atoms with Crippen molar-refractivity contribution in [1.82, 2.24) is 24.4 Å². The van der Waals surface area contributed by atoms with E-state index < -0.39 is 0 Å². The molecule has 0 radical (unpaired) electrons. The number of hydrogen-bond acceptors (Lipinski definition) is 5. The second-order valence-corrected chi connectivity index (χ2v) is 7.76. The summed E-state index contributed by atoms with van der Waals surface area (Å²) in [6, 6.07) is 12.1. The Morgan fingerprint density at radius 1 is 1.17 bits per heavy atom. The van der Waals surface area contributed by atoms with E-state index in [2.05, 4.69) is 39.3 Å². The van der Waals surface area contributed by atoms with E-state index in [-0.39, 0.29) is 5.56 Å². The minimum absolute atomic E-state index is 0.0940. The Labute approximate surface area is 168 Å². The Bertz CT molecular complexity index is 1220. The lowest BCUT2D eigenvalue weighted by molar-refractivity contribution is 0.231. The number of nitrogens with one attached hydrogen (secondary N) is 1. The van der Waals surface area contributed by atoms with Crippen LogP contribution in [0.3, 0.4) is 0 Å². The number of aromatic nitrogens is 4. The first kappa shape index (κ1) is 17.9. The standard InChI is InChI=1S/C22H23N5O2/c1-14(2)27-18-7-4-3-6-17(18)23-20(27)13-26-10-9-16-15(12-26)22(28)25-21(24-16)19-8-5-11-29-19/h3-8,11,14H,9-10,12-13H2,1-2H3,(H,24,25,28). The van der Waals surface area contributed by atoms with Gasteiger partial charge in [-0.2, -0.15) is 0 Å². The summed E-state index contributed by atoms with van der Waals surface area (Å²) in [5.74, 6) is 2.10. The molecule has 0 saturated carbocycles. The van der Waals surface area contributed by atoms with Gasteiger partial charge in [-0.05, 0) is 38.1 Å². The van der Waals surface area contributed by atoms with E-state index in [1.54, 1.807) is 18.4 Å². The smallest absolute Gasteiger partial charge is 0.256 e. The number of benzene rings is 1. The van der Waals surface area contributed by atoms with Gasteiger partial charge in [0.2, 0.25) is 0 Å². The summed E-state index contributed by atoms with van der Waals surface area (Å²) in [7, 11) is 0. The van der Waals surface area contributed by atoms with Crippen LogP contribution < -0.4 is 5.56 Å². The zero-order valence-electron chi connectivity index (χ0n) is 16.6. The Morgan fingerprint density at radius 3 is 2.83 bits per heavy atom. The van der Waals surface area contributed by atoms with Gasteiger partial charge < -0.3 is 14.0 Å². The molecule has 4 heterocycles. The molecule has 5 rings (SSSR count). The fraction of sp³-hybridized carbons (Fsp3) is 0.318. The number of nitrogens with zero attached hydrogens (tertiary/aromatic N) is 4. The number of H-pyrrole nitrogens is 1. The summed E-state index contributed by atoms with van der Waals surface area (Å²) in [4.78, 5) is 27.3. The Kier molecular flexibility index (Phi) is 4.32. The largest absolute Gasteiger partial charge is 0.461 e. The van der Waals surface area contributed by atoms with Crippen molar-refractivity contribution in [3.63, 3.8) is 0 Å². The van der Waals surface area contributed by atoms with E-state index in [1.807, 2.05) is 18.2 Å². The summed E-state index contributed by atoms with van der Waals surface area (Å²) in [5, 5.41) is 0. The number of aromatic amines is 1. The zero-order chi connectivity index (χ0) is 20.0. The SMILES string of the molecule is CC(C)n1c(CN2CCc3nc(-c4ccco4)[nH]c(=O)c3C2)nc2ccccc21. The van der Waals surface area contributed by atoms with Crippen LogP contribution in [0.15, 0.2) is 51.9 Å². The van der Waals surface area contributed by atoms with Gasteiger partial charge in [0.05, 0.1) is 35.1 Å². The second kappa shape index (κ2) is 7.00. The van der Waals surface area contributed by atoms with Gasteiger partial charge in [-0.3, -0.25) is 9.69 Å². The monoisotopic (exact) mass is 389 g/mol. The van der Waals surface area contributed by atoms with E-state index in [0.29, 0.717) is 30.7 Å². The second-order valence-electron chi connectivity index (χ2n) is 7.76. The van der Waals surface area contributed by atoms with E-state index in [1.165, 1.54) is 0 Å². The van der Waals surface area contributed by atoms with Crippen LogP contribution in [-0.4, -0.2) is 31.0 Å². The van der Waals surface area contributed by atoms with Crippen LogP contribution in [0.5, 0.6) is 0 Å². The maximum absolute atomic E-state index is 12.7. The fourth-order valence-electron chi connectivity index (χ4n) is 4.13. The number of hydrogen-bond donors (Lipinski definition) is 1. The van der Waals surface area contributed by atoms with Gasteiger partial charge in [0.15, 0.2) is 11.6 Å². The maximum atomic E-state index is 12.7. The average Bonchev–Trinajstić information content (AvgIpc) is 3.36. The van der Waals surface area contributed by atoms with Crippen LogP contribution in [0.4, 0.5) is 0 Å². The molecule has 0 atom stereocenters. The predicted octanol–water partition coefficient (Wildman–Crippen LogP) is 3.52. The minimum atomic E-state index is -0.0940. The van der Waals surface area contributed by atoms with Crippen molar-refractivity contribution in [1.29, 1.82) is 0 Å². The van der Waals surface area contributed by atoms with E-state index >= 15 is 0 Å². The van der Waals surface area contributed by atoms with Crippen LogP contribution in [0.25, 0.3) is 22.6 Å². The molecule has 1 aliphatic rings. The van der Waals surface area contributed by atoms with Gasteiger partial charge in [0.1, 0.15) is 5.82 Å². The van der Waals surface area contributed by atoms with Crippen molar-refractivity contribution in [2.24, 2.45) is 0 Å². The predicted molar refractivity (Wildman–Crippen MR) is 110 cm³/mol. The molecule has 0 aliphatic carbocycles. The summed E-state index contributed by atoms with van der Waals surface area (Å²) in [6.45, 7) is 6.45. The highest BCUT2D eigenvalue weighted by molar-refractivity contribution is 5.76. The van der Waals surface area contributed by atoms with Crippen molar-refractivity contribution < 1.29 is 4.42 Å². The van der Waals surface area contributed by atoms with Crippen molar-refractivity contribution >= 4 is 11.0 Å². The Hall–Kier alpha value is -3.19. The quantitative estimate of drug-likeness (QED) is 0.578. The van der Waals surface area contributed by atoms with E-state index in [0.717, 1.165) is 41.1 Å². The van der Waals surface area contributed by atoms with E-state index in [9.17, 15) is 4.79 Å². The molecule has 0 saturated heterocycles.